The Morgan fingerprint density at radius 3 is 2.81 bits per heavy atom. The lowest BCUT2D eigenvalue weighted by Crippen LogP contribution is -2.31. The quantitative estimate of drug-likeness (QED) is 0.873. The molecule has 0 amide bonds. The minimum atomic E-state index is -0.884. The van der Waals surface area contributed by atoms with E-state index >= 15 is 0 Å². The fourth-order valence-electron chi connectivity index (χ4n) is 1.57. The van der Waals surface area contributed by atoms with Crippen LogP contribution in [0.5, 0.6) is 0 Å². The van der Waals surface area contributed by atoms with Crippen molar-refractivity contribution < 1.29 is 9.50 Å². The van der Waals surface area contributed by atoms with Gasteiger partial charge in [0.05, 0.1) is 5.60 Å². The van der Waals surface area contributed by atoms with Gasteiger partial charge in [0.25, 0.3) is 0 Å². The third-order valence-electron chi connectivity index (χ3n) is 2.49. The number of halogens is 2. The SMILES string of the molecule is CNCCC(C)(O)Cc1cc(Br)ccc1F. The van der Waals surface area contributed by atoms with Gasteiger partial charge in [-0.2, -0.15) is 0 Å². The molecule has 0 saturated heterocycles. The van der Waals surface area contributed by atoms with Crippen molar-refractivity contribution in [2.75, 3.05) is 13.6 Å². The smallest absolute Gasteiger partial charge is 0.126 e. The number of nitrogens with one attached hydrogen (secondary N) is 1. The minimum absolute atomic E-state index is 0.270. The van der Waals surface area contributed by atoms with E-state index in [2.05, 4.69) is 21.2 Å². The van der Waals surface area contributed by atoms with E-state index in [-0.39, 0.29) is 5.82 Å². The van der Waals surface area contributed by atoms with E-state index in [1.165, 1.54) is 6.07 Å². The largest absolute Gasteiger partial charge is 0.390 e. The first-order chi connectivity index (χ1) is 7.44. The van der Waals surface area contributed by atoms with Crippen LogP contribution < -0.4 is 5.32 Å². The molecule has 1 aromatic rings. The molecule has 1 rings (SSSR count). The Kier molecular flexibility index (Phi) is 4.89. The van der Waals surface area contributed by atoms with Gasteiger partial charge in [0.15, 0.2) is 0 Å². The Morgan fingerprint density at radius 2 is 2.19 bits per heavy atom. The molecule has 0 spiro atoms. The first-order valence-corrected chi connectivity index (χ1v) is 6.05. The number of benzene rings is 1. The fraction of sp³-hybridized carbons (Fsp3) is 0.500. The molecule has 1 unspecified atom stereocenters. The molecule has 16 heavy (non-hydrogen) atoms. The first-order valence-electron chi connectivity index (χ1n) is 5.25. The molecular weight excluding hydrogens is 273 g/mol. The Labute approximate surface area is 104 Å². The van der Waals surface area contributed by atoms with E-state index < -0.39 is 5.60 Å². The van der Waals surface area contributed by atoms with Crippen LogP contribution in [0.1, 0.15) is 18.9 Å². The predicted octanol–water partition coefficient (Wildman–Crippen LogP) is 2.49. The maximum atomic E-state index is 13.5. The van der Waals surface area contributed by atoms with Crippen LogP contribution in [0.3, 0.4) is 0 Å². The molecule has 0 aliphatic heterocycles. The lowest BCUT2D eigenvalue weighted by molar-refractivity contribution is 0.0512. The van der Waals surface area contributed by atoms with Crippen molar-refractivity contribution in [2.24, 2.45) is 0 Å². The number of hydrogen-bond donors (Lipinski definition) is 2. The minimum Gasteiger partial charge on any atom is -0.390 e. The van der Waals surface area contributed by atoms with E-state index in [0.29, 0.717) is 24.9 Å². The van der Waals surface area contributed by atoms with Crippen LogP contribution >= 0.6 is 15.9 Å². The van der Waals surface area contributed by atoms with Gasteiger partial charge in [-0.1, -0.05) is 15.9 Å². The van der Waals surface area contributed by atoms with Crippen molar-refractivity contribution in [1.82, 2.24) is 5.32 Å². The number of aliphatic hydroxyl groups is 1. The van der Waals surface area contributed by atoms with Gasteiger partial charge in [-0.05, 0) is 50.7 Å². The average Bonchev–Trinajstić information content (AvgIpc) is 2.20. The fourth-order valence-corrected chi connectivity index (χ4v) is 1.98. The second kappa shape index (κ2) is 5.75. The molecule has 0 aliphatic carbocycles. The Morgan fingerprint density at radius 1 is 1.50 bits per heavy atom. The second-order valence-electron chi connectivity index (χ2n) is 4.26. The number of rotatable bonds is 5. The molecule has 90 valence electrons. The van der Waals surface area contributed by atoms with Crippen molar-refractivity contribution in [2.45, 2.75) is 25.4 Å². The normalized spacial score (nSPS) is 14.8. The molecule has 0 aliphatic rings. The summed E-state index contributed by atoms with van der Waals surface area (Å²) in [7, 11) is 1.83. The summed E-state index contributed by atoms with van der Waals surface area (Å²) < 4.78 is 14.3. The van der Waals surface area contributed by atoms with Crippen LogP contribution in [0.15, 0.2) is 22.7 Å². The summed E-state index contributed by atoms with van der Waals surface area (Å²) in [6.45, 7) is 2.44. The third-order valence-corrected chi connectivity index (χ3v) is 2.99. The van der Waals surface area contributed by atoms with Gasteiger partial charge in [-0.25, -0.2) is 4.39 Å². The van der Waals surface area contributed by atoms with Gasteiger partial charge >= 0.3 is 0 Å². The third kappa shape index (κ3) is 4.20. The monoisotopic (exact) mass is 289 g/mol. The van der Waals surface area contributed by atoms with Crippen molar-refractivity contribution >= 4 is 15.9 Å². The van der Waals surface area contributed by atoms with Crippen LogP contribution in [0.25, 0.3) is 0 Å². The highest BCUT2D eigenvalue weighted by Gasteiger charge is 2.22. The van der Waals surface area contributed by atoms with Gasteiger partial charge in [-0.15, -0.1) is 0 Å². The van der Waals surface area contributed by atoms with Crippen LogP contribution in [-0.2, 0) is 6.42 Å². The van der Waals surface area contributed by atoms with Gasteiger partial charge in [-0.3, -0.25) is 0 Å². The zero-order valence-electron chi connectivity index (χ0n) is 9.56. The predicted molar refractivity (Wildman–Crippen MR) is 67.0 cm³/mol. The number of hydrogen-bond acceptors (Lipinski definition) is 2. The maximum absolute atomic E-state index is 13.5. The van der Waals surface area contributed by atoms with E-state index in [4.69, 9.17) is 0 Å². The van der Waals surface area contributed by atoms with Crippen molar-refractivity contribution in [1.29, 1.82) is 0 Å². The summed E-state index contributed by atoms with van der Waals surface area (Å²) in [5, 5.41) is 13.1. The first kappa shape index (κ1) is 13.6. The summed E-state index contributed by atoms with van der Waals surface area (Å²) in [5.41, 5.74) is -0.347. The second-order valence-corrected chi connectivity index (χ2v) is 5.18. The highest BCUT2D eigenvalue weighted by Crippen LogP contribution is 2.22. The van der Waals surface area contributed by atoms with Gasteiger partial charge < -0.3 is 10.4 Å². The summed E-state index contributed by atoms with van der Waals surface area (Å²) in [6, 6.07) is 4.78. The van der Waals surface area contributed by atoms with E-state index in [0.717, 1.165) is 4.47 Å². The summed E-state index contributed by atoms with van der Waals surface area (Å²) in [6.07, 6.45) is 0.912. The van der Waals surface area contributed by atoms with Gasteiger partial charge in [0.2, 0.25) is 0 Å². The molecule has 0 heterocycles. The van der Waals surface area contributed by atoms with Crippen LogP contribution in [-0.4, -0.2) is 24.3 Å². The molecule has 4 heteroatoms. The molecule has 1 aromatic carbocycles. The summed E-state index contributed by atoms with van der Waals surface area (Å²) in [5.74, 6) is -0.270. The molecule has 0 aromatic heterocycles. The zero-order valence-corrected chi connectivity index (χ0v) is 11.1. The highest BCUT2D eigenvalue weighted by atomic mass is 79.9. The summed E-state index contributed by atoms with van der Waals surface area (Å²) in [4.78, 5) is 0. The van der Waals surface area contributed by atoms with E-state index in [1.807, 2.05) is 7.05 Å². The zero-order chi connectivity index (χ0) is 12.2. The van der Waals surface area contributed by atoms with Crippen LogP contribution in [0.2, 0.25) is 0 Å². The van der Waals surface area contributed by atoms with Gasteiger partial charge in [0, 0.05) is 10.9 Å². The molecule has 1 atom stereocenters. The highest BCUT2D eigenvalue weighted by molar-refractivity contribution is 9.10. The Bertz CT molecular complexity index is 355. The van der Waals surface area contributed by atoms with Gasteiger partial charge in [0.1, 0.15) is 5.82 Å². The molecular formula is C12H17BrFNO. The Hall–Kier alpha value is -0.450. The van der Waals surface area contributed by atoms with Crippen molar-refractivity contribution in [3.05, 3.63) is 34.1 Å². The molecule has 0 saturated carbocycles. The molecule has 0 radical (unpaired) electrons. The van der Waals surface area contributed by atoms with Crippen LogP contribution in [0, 0.1) is 5.82 Å². The molecule has 0 bridgehead atoms. The van der Waals surface area contributed by atoms with Crippen molar-refractivity contribution in [3.8, 4) is 0 Å². The maximum Gasteiger partial charge on any atom is 0.126 e. The Balaban J connectivity index is 2.74. The topological polar surface area (TPSA) is 32.3 Å². The van der Waals surface area contributed by atoms with Crippen molar-refractivity contribution in [3.63, 3.8) is 0 Å². The molecule has 2 N–H and O–H groups in total. The summed E-state index contributed by atoms with van der Waals surface area (Å²) >= 11 is 3.30. The lowest BCUT2D eigenvalue weighted by atomic mass is 9.93. The van der Waals surface area contributed by atoms with E-state index in [9.17, 15) is 9.50 Å². The standard InChI is InChI=1S/C12H17BrFNO/c1-12(16,5-6-15-2)8-9-7-10(13)3-4-11(9)14/h3-4,7,15-16H,5-6,8H2,1-2H3. The van der Waals surface area contributed by atoms with Crippen LogP contribution in [0.4, 0.5) is 4.39 Å². The van der Waals surface area contributed by atoms with E-state index in [1.54, 1.807) is 19.1 Å². The molecule has 0 fully saturated rings. The lowest BCUT2D eigenvalue weighted by Gasteiger charge is -2.23. The molecule has 2 nitrogen and oxygen atoms in total. The average molecular weight is 290 g/mol.